The molecule has 86 valence electrons. The third-order valence-corrected chi connectivity index (χ3v) is 2.15. The van der Waals surface area contributed by atoms with Gasteiger partial charge in [0.1, 0.15) is 0 Å². The van der Waals surface area contributed by atoms with Crippen LogP contribution in [0.5, 0.6) is 0 Å². The molecule has 1 amide bonds. The van der Waals surface area contributed by atoms with Crippen molar-refractivity contribution in [2.24, 2.45) is 11.8 Å². The quantitative estimate of drug-likeness (QED) is 0.669. The van der Waals surface area contributed by atoms with Crippen molar-refractivity contribution in [1.29, 1.82) is 0 Å². The highest BCUT2D eigenvalue weighted by molar-refractivity contribution is 5.77. The average Bonchev–Trinajstić information content (AvgIpc) is 2.02. The summed E-state index contributed by atoms with van der Waals surface area (Å²) in [6.45, 7) is 9.21. The molecular formula is C12H27NO. The van der Waals surface area contributed by atoms with E-state index in [-0.39, 0.29) is 19.3 Å². The van der Waals surface area contributed by atoms with Gasteiger partial charge < -0.3 is 4.90 Å². The lowest BCUT2D eigenvalue weighted by atomic mass is 10.1. The van der Waals surface area contributed by atoms with Crippen molar-refractivity contribution in [3.8, 4) is 0 Å². The molecule has 0 radical (unpaired) electrons. The van der Waals surface area contributed by atoms with E-state index in [1.165, 1.54) is 6.42 Å². The molecule has 0 fully saturated rings. The molecule has 0 spiro atoms. The molecule has 2 nitrogen and oxygen atoms in total. The van der Waals surface area contributed by atoms with Gasteiger partial charge in [0.2, 0.25) is 5.91 Å². The van der Waals surface area contributed by atoms with Crippen LogP contribution >= 0.6 is 0 Å². The molecule has 0 N–H and O–H groups in total. The van der Waals surface area contributed by atoms with Crippen molar-refractivity contribution in [2.45, 2.75) is 48.0 Å². The predicted octanol–water partition coefficient (Wildman–Crippen LogP) is 3.17. The zero-order valence-corrected chi connectivity index (χ0v) is 9.63. The molecule has 0 atom stereocenters. The maximum atomic E-state index is 11.4. The smallest absolute Gasteiger partial charge is 0.224 e. The maximum Gasteiger partial charge on any atom is 0.224 e. The molecule has 0 aromatic carbocycles. The lowest BCUT2D eigenvalue weighted by Gasteiger charge is -2.19. The van der Waals surface area contributed by atoms with Gasteiger partial charge in [0.05, 0.1) is 0 Å². The highest BCUT2D eigenvalue weighted by Crippen LogP contribution is 2.06. The summed E-state index contributed by atoms with van der Waals surface area (Å²) in [6.07, 6.45) is 2.32. The zero-order chi connectivity index (χ0) is 10.4. The molecule has 0 unspecified atom stereocenters. The van der Waals surface area contributed by atoms with E-state index in [2.05, 4.69) is 13.8 Å². The highest BCUT2D eigenvalue weighted by atomic mass is 16.2. The summed E-state index contributed by atoms with van der Waals surface area (Å²) in [7, 11) is 1.89. The van der Waals surface area contributed by atoms with E-state index in [4.69, 9.17) is 0 Å². The monoisotopic (exact) mass is 201 g/mol. The van der Waals surface area contributed by atoms with Crippen LogP contribution in [0.1, 0.15) is 48.0 Å². The van der Waals surface area contributed by atoms with Gasteiger partial charge in [0.15, 0.2) is 0 Å². The summed E-state index contributed by atoms with van der Waals surface area (Å²) >= 11 is 0. The van der Waals surface area contributed by atoms with E-state index in [0.717, 1.165) is 18.9 Å². The zero-order valence-electron chi connectivity index (χ0n) is 9.63. The molecule has 0 rings (SSSR count). The van der Waals surface area contributed by atoms with Crippen molar-refractivity contribution in [3.63, 3.8) is 0 Å². The van der Waals surface area contributed by atoms with Crippen molar-refractivity contribution >= 4 is 5.91 Å². The Bertz CT molecular complexity index is 152. The van der Waals surface area contributed by atoms with Gasteiger partial charge in [-0.1, -0.05) is 35.1 Å². The number of nitrogens with zero attached hydrogens (tertiary/aromatic N) is 1. The highest BCUT2D eigenvalue weighted by Gasteiger charge is 2.11. The van der Waals surface area contributed by atoms with Gasteiger partial charge in [-0.05, 0) is 18.8 Å². The fourth-order valence-electron chi connectivity index (χ4n) is 1.29. The van der Waals surface area contributed by atoms with Gasteiger partial charge in [-0.3, -0.25) is 4.79 Å². The molecule has 0 saturated carbocycles. The second kappa shape index (κ2) is 7.84. The minimum Gasteiger partial charge on any atom is -0.346 e. The van der Waals surface area contributed by atoms with Crippen LogP contribution in [0.4, 0.5) is 0 Å². The summed E-state index contributed by atoms with van der Waals surface area (Å²) < 4.78 is 0. The van der Waals surface area contributed by atoms with E-state index < -0.39 is 0 Å². The minimum absolute atomic E-state index is 0. The predicted molar refractivity (Wildman–Crippen MR) is 63.3 cm³/mol. The number of hydrogen-bond acceptors (Lipinski definition) is 1. The van der Waals surface area contributed by atoms with Crippen molar-refractivity contribution < 1.29 is 4.79 Å². The van der Waals surface area contributed by atoms with Gasteiger partial charge in [-0.15, -0.1) is 0 Å². The summed E-state index contributed by atoms with van der Waals surface area (Å²) in [6, 6.07) is 0. The van der Waals surface area contributed by atoms with Crippen LogP contribution in [-0.2, 0) is 4.79 Å². The molecule has 0 saturated heterocycles. The Morgan fingerprint density at radius 2 is 1.71 bits per heavy atom. The summed E-state index contributed by atoms with van der Waals surface area (Å²) in [5.74, 6) is 1.12. The summed E-state index contributed by atoms with van der Waals surface area (Å²) in [4.78, 5) is 13.3. The molecule has 0 aliphatic carbocycles. The Morgan fingerprint density at radius 3 is 2.07 bits per heavy atom. The fourth-order valence-corrected chi connectivity index (χ4v) is 1.29. The van der Waals surface area contributed by atoms with Crippen molar-refractivity contribution in [2.75, 3.05) is 13.6 Å². The number of carbonyl (C=O) groups excluding carboxylic acids is 1. The second-order valence-corrected chi connectivity index (χ2v) is 4.45. The van der Waals surface area contributed by atoms with Gasteiger partial charge in [-0.25, -0.2) is 0 Å². The topological polar surface area (TPSA) is 20.3 Å². The van der Waals surface area contributed by atoms with Gasteiger partial charge in [-0.2, -0.15) is 0 Å². The molecule has 2 heteroatoms. The van der Waals surface area contributed by atoms with E-state index in [1.54, 1.807) is 0 Å². The first kappa shape index (κ1) is 15.9. The molecule has 14 heavy (non-hydrogen) atoms. The van der Waals surface area contributed by atoms with Crippen LogP contribution in [0.15, 0.2) is 0 Å². The maximum absolute atomic E-state index is 11.4. The molecule has 0 aromatic heterocycles. The fraction of sp³-hybridized carbons (Fsp3) is 0.917. The number of hydrogen-bond donors (Lipinski definition) is 0. The van der Waals surface area contributed by atoms with Gasteiger partial charge in [0.25, 0.3) is 0 Å². The number of amides is 1. The molecule has 0 heterocycles. The van der Waals surface area contributed by atoms with Crippen molar-refractivity contribution in [1.82, 2.24) is 4.90 Å². The number of rotatable bonds is 5. The van der Waals surface area contributed by atoms with Crippen molar-refractivity contribution in [3.05, 3.63) is 0 Å². The third kappa shape index (κ3) is 6.93. The molecular weight excluding hydrogens is 174 g/mol. The average molecular weight is 201 g/mol. The lowest BCUT2D eigenvalue weighted by Crippen LogP contribution is -2.31. The van der Waals surface area contributed by atoms with E-state index >= 15 is 0 Å². The van der Waals surface area contributed by atoms with Crippen LogP contribution in [0.3, 0.4) is 0 Å². The van der Waals surface area contributed by atoms with Crippen LogP contribution in [-0.4, -0.2) is 24.4 Å². The first-order chi connectivity index (χ1) is 5.95. The van der Waals surface area contributed by atoms with Crippen LogP contribution in [0, 0.1) is 11.8 Å². The Kier molecular flexibility index (Phi) is 8.91. The van der Waals surface area contributed by atoms with E-state index in [9.17, 15) is 4.79 Å². The third-order valence-electron chi connectivity index (χ3n) is 2.15. The largest absolute Gasteiger partial charge is 0.346 e. The molecule has 0 aliphatic rings. The first-order valence-electron chi connectivity index (χ1n) is 5.20. The Balaban J connectivity index is 0. The number of carbonyl (C=O) groups is 1. The molecule has 0 aliphatic heterocycles. The second-order valence-electron chi connectivity index (χ2n) is 4.45. The Labute approximate surface area is 89.7 Å². The SMILES string of the molecule is C.CC(C)CCCN(C)C(=O)C(C)C. The first-order valence-corrected chi connectivity index (χ1v) is 5.20. The summed E-state index contributed by atoms with van der Waals surface area (Å²) in [5.41, 5.74) is 0. The lowest BCUT2D eigenvalue weighted by molar-refractivity contribution is -0.133. The van der Waals surface area contributed by atoms with E-state index in [1.807, 2.05) is 25.8 Å². The van der Waals surface area contributed by atoms with Crippen LogP contribution in [0.2, 0.25) is 0 Å². The van der Waals surface area contributed by atoms with Crippen LogP contribution in [0.25, 0.3) is 0 Å². The minimum atomic E-state index is 0. The van der Waals surface area contributed by atoms with Crippen LogP contribution < -0.4 is 0 Å². The Morgan fingerprint density at radius 1 is 1.21 bits per heavy atom. The summed E-state index contributed by atoms with van der Waals surface area (Å²) in [5, 5.41) is 0. The van der Waals surface area contributed by atoms with E-state index in [0.29, 0.717) is 0 Å². The molecule has 0 bridgehead atoms. The van der Waals surface area contributed by atoms with Gasteiger partial charge in [0, 0.05) is 19.5 Å². The standard InChI is InChI=1S/C11H23NO.CH4/c1-9(2)7-6-8-12(5)11(13)10(3)4;/h9-10H,6-8H2,1-5H3;1H4. The normalized spacial score (nSPS) is 10.2. The Hall–Kier alpha value is -0.530. The van der Waals surface area contributed by atoms with Gasteiger partial charge >= 0.3 is 0 Å². The molecule has 0 aromatic rings.